The van der Waals surface area contributed by atoms with Crippen LogP contribution in [0.5, 0.6) is 0 Å². The van der Waals surface area contributed by atoms with Crippen LogP contribution in [0, 0.1) is 0 Å². The molecule has 0 atom stereocenters. The van der Waals surface area contributed by atoms with E-state index in [0.29, 0.717) is 12.8 Å². The minimum Gasteiger partial charge on any atom is -0.478 e. The Bertz CT molecular complexity index is 374. The Labute approximate surface area is 118 Å². The first-order chi connectivity index (χ1) is 9.22. The standard InChI is InChI=1S/C14H22O6/c1-13(2,3)19-20-14(9-5-4-6-10-14)18-12(17)8-7-11(15)16/h7-8H,4-6,9-10H2,1-3H3,(H,15,16)/b8-7+. The molecule has 6 nitrogen and oxygen atoms in total. The molecule has 114 valence electrons. The van der Waals surface area contributed by atoms with Crippen LogP contribution in [0.3, 0.4) is 0 Å². The van der Waals surface area contributed by atoms with Crippen LogP contribution in [0.2, 0.25) is 0 Å². The second kappa shape index (κ2) is 6.85. The van der Waals surface area contributed by atoms with Crippen molar-refractivity contribution in [1.82, 2.24) is 0 Å². The van der Waals surface area contributed by atoms with E-state index in [4.69, 9.17) is 19.6 Å². The van der Waals surface area contributed by atoms with Crippen LogP contribution >= 0.6 is 0 Å². The minimum atomic E-state index is -1.20. The highest BCUT2D eigenvalue weighted by molar-refractivity contribution is 5.90. The Balaban J connectivity index is 2.68. The summed E-state index contributed by atoms with van der Waals surface area (Å²) in [5, 5.41) is 8.49. The molecule has 0 amide bonds. The Morgan fingerprint density at radius 2 is 1.70 bits per heavy atom. The van der Waals surface area contributed by atoms with Crippen molar-refractivity contribution in [2.24, 2.45) is 0 Å². The van der Waals surface area contributed by atoms with Gasteiger partial charge < -0.3 is 9.84 Å². The molecule has 0 radical (unpaired) electrons. The molecule has 20 heavy (non-hydrogen) atoms. The number of carbonyl (C=O) groups excluding carboxylic acids is 1. The molecule has 1 rings (SSSR count). The van der Waals surface area contributed by atoms with Crippen LogP contribution in [0.25, 0.3) is 0 Å². The topological polar surface area (TPSA) is 82.1 Å². The van der Waals surface area contributed by atoms with E-state index in [1.165, 1.54) is 0 Å². The SMILES string of the molecule is CC(C)(C)OOC1(OC(=O)/C=C/C(=O)O)CCCCC1. The van der Waals surface area contributed by atoms with Gasteiger partial charge in [0.2, 0.25) is 5.79 Å². The van der Waals surface area contributed by atoms with E-state index in [1.807, 2.05) is 20.8 Å². The molecule has 6 heteroatoms. The number of esters is 1. The lowest BCUT2D eigenvalue weighted by molar-refractivity contribution is -0.455. The Kier molecular flexibility index (Phi) is 5.71. The van der Waals surface area contributed by atoms with Crippen molar-refractivity contribution in [3.8, 4) is 0 Å². The summed E-state index contributed by atoms with van der Waals surface area (Å²) in [7, 11) is 0. The van der Waals surface area contributed by atoms with Gasteiger partial charge in [0.05, 0.1) is 5.60 Å². The molecule has 0 saturated heterocycles. The van der Waals surface area contributed by atoms with Crippen LogP contribution in [-0.2, 0) is 24.1 Å². The van der Waals surface area contributed by atoms with Gasteiger partial charge in [-0.2, -0.15) is 4.89 Å². The van der Waals surface area contributed by atoms with Crippen molar-refractivity contribution in [2.75, 3.05) is 0 Å². The van der Waals surface area contributed by atoms with Crippen molar-refractivity contribution in [3.05, 3.63) is 12.2 Å². The molecule has 0 aromatic carbocycles. The van der Waals surface area contributed by atoms with E-state index in [0.717, 1.165) is 31.4 Å². The zero-order valence-electron chi connectivity index (χ0n) is 12.2. The number of aliphatic carboxylic acids is 1. The van der Waals surface area contributed by atoms with Gasteiger partial charge in [-0.1, -0.05) is 6.42 Å². The molecule has 0 bridgehead atoms. The van der Waals surface area contributed by atoms with Crippen LogP contribution < -0.4 is 0 Å². The zero-order chi connectivity index (χ0) is 15.2. The number of carboxylic acid groups (broad SMARTS) is 1. The fourth-order valence-corrected chi connectivity index (χ4v) is 1.85. The molecule has 0 unspecified atom stereocenters. The molecule has 0 spiro atoms. The van der Waals surface area contributed by atoms with E-state index < -0.39 is 23.3 Å². The summed E-state index contributed by atoms with van der Waals surface area (Å²) < 4.78 is 5.29. The zero-order valence-corrected chi connectivity index (χ0v) is 12.2. The summed E-state index contributed by atoms with van der Waals surface area (Å²) in [6, 6.07) is 0. The highest BCUT2D eigenvalue weighted by Crippen LogP contribution is 2.34. The molecular formula is C14H22O6. The molecule has 0 heterocycles. The van der Waals surface area contributed by atoms with E-state index in [9.17, 15) is 9.59 Å². The maximum Gasteiger partial charge on any atom is 0.333 e. The van der Waals surface area contributed by atoms with Crippen molar-refractivity contribution in [2.45, 2.75) is 64.3 Å². The molecular weight excluding hydrogens is 264 g/mol. The summed E-state index contributed by atoms with van der Waals surface area (Å²) in [6.45, 7) is 5.49. The van der Waals surface area contributed by atoms with Gasteiger partial charge in [-0.25, -0.2) is 14.5 Å². The number of hydrogen-bond acceptors (Lipinski definition) is 5. The number of carbonyl (C=O) groups is 2. The smallest absolute Gasteiger partial charge is 0.333 e. The van der Waals surface area contributed by atoms with Gasteiger partial charge >= 0.3 is 11.9 Å². The molecule has 1 aliphatic rings. The van der Waals surface area contributed by atoms with Crippen molar-refractivity contribution < 1.29 is 29.2 Å². The number of ether oxygens (including phenoxy) is 1. The fraction of sp³-hybridized carbons (Fsp3) is 0.714. The first-order valence-electron chi connectivity index (χ1n) is 6.73. The lowest BCUT2D eigenvalue weighted by Crippen LogP contribution is -2.42. The second-order valence-corrected chi connectivity index (χ2v) is 5.84. The van der Waals surface area contributed by atoms with Gasteiger partial charge in [-0.3, -0.25) is 0 Å². The van der Waals surface area contributed by atoms with E-state index >= 15 is 0 Å². The molecule has 0 aromatic rings. The van der Waals surface area contributed by atoms with Gasteiger partial charge in [-0.05, 0) is 33.6 Å². The minimum absolute atomic E-state index is 0.520. The van der Waals surface area contributed by atoms with E-state index in [2.05, 4.69) is 0 Å². The van der Waals surface area contributed by atoms with Gasteiger partial charge in [0.15, 0.2) is 0 Å². The highest BCUT2D eigenvalue weighted by Gasteiger charge is 2.39. The predicted octanol–water partition coefficient (Wildman–Crippen LogP) is 2.58. The van der Waals surface area contributed by atoms with Crippen molar-refractivity contribution in [1.29, 1.82) is 0 Å². The number of rotatable bonds is 5. The van der Waals surface area contributed by atoms with E-state index in [-0.39, 0.29) is 0 Å². The fourth-order valence-electron chi connectivity index (χ4n) is 1.85. The first-order valence-corrected chi connectivity index (χ1v) is 6.73. The van der Waals surface area contributed by atoms with Crippen LogP contribution in [0.1, 0.15) is 52.9 Å². The largest absolute Gasteiger partial charge is 0.478 e. The maximum atomic E-state index is 11.6. The molecule has 0 aliphatic heterocycles. The van der Waals surface area contributed by atoms with Gasteiger partial charge in [0, 0.05) is 25.0 Å². The summed E-state index contributed by atoms with van der Waals surface area (Å²) in [6.07, 6.45) is 5.46. The first kappa shape index (κ1) is 16.7. The van der Waals surface area contributed by atoms with Gasteiger partial charge in [0.1, 0.15) is 0 Å². The normalized spacial score (nSPS) is 18.9. The average molecular weight is 286 g/mol. The molecule has 1 N–H and O–H groups in total. The third-order valence-corrected chi connectivity index (χ3v) is 2.71. The number of hydrogen-bond donors (Lipinski definition) is 1. The Morgan fingerprint density at radius 1 is 1.10 bits per heavy atom. The molecule has 1 fully saturated rings. The average Bonchev–Trinajstić information content (AvgIpc) is 2.34. The predicted molar refractivity (Wildman–Crippen MR) is 70.6 cm³/mol. The summed E-state index contributed by atoms with van der Waals surface area (Å²) in [4.78, 5) is 32.7. The number of carboxylic acids is 1. The van der Waals surface area contributed by atoms with Crippen LogP contribution in [-0.4, -0.2) is 28.4 Å². The maximum absolute atomic E-state index is 11.6. The lowest BCUT2D eigenvalue weighted by Gasteiger charge is -2.36. The van der Waals surface area contributed by atoms with Crippen LogP contribution in [0.15, 0.2) is 12.2 Å². The second-order valence-electron chi connectivity index (χ2n) is 5.84. The monoisotopic (exact) mass is 286 g/mol. The van der Waals surface area contributed by atoms with E-state index in [1.54, 1.807) is 0 Å². The summed E-state index contributed by atoms with van der Waals surface area (Å²) in [5.41, 5.74) is -0.520. The Hall–Kier alpha value is -1.40. The molecule has 0 aromatic heterocycles. The van der Waals surface area contributed by atoms with Gasteiger partial charge in [-0.15, -0.1) is 0 Å². The Morgan fingerprint density at radius 3 is 2.20 bits per heavy atom. The third kappa shape index (κ3) is 6.16. The highest BCUT2D eigenvalue weighted by atomic mass is 17.2. The van der Waals surface area contributed by atoms with Crippen molar-refractivity contribution in [3.63, 3.8) is 0 Å². The van der Waals surface area contributed by atoms with Crippen molar-refractivity contribution >= 4 is 11.9 Å². The van der Waals surface area contributed by atoms with Gasteiger partial charge in [0.25, 0.3) is 0 Å². The quantitative estimate of drug-likeness (QED) is 0.275. The molecule has 1 aliphatic carbocycles. The lowest BCUT2D eigenvalue weighted by atomic mass is 9.94. The summed E-state index contributed by atoms with van der Waals surface area (Å²) in [5.74, 6) is -3.07. The summed E-state index contributed by atoms with van der Waals surface area (Å²) >= 11 is 0. The molecule has 1 saturated carbocycles. The third-order valence-electron chi connectivity index (χ3n) is 2.71. The van der Waals surface area contributed by atoms with Crippen LogP contribution in [0.4, 0.5) is 0 Å².